The lowest BCUT2D eigenvalue weighted by Crippen LogP contribution is -2.20. The van der Waals surface area contributed by atoms with Crippen LogP contribution >= 0.6 is 0 Å². The largest absolute Gasteiger partial charge is 0.496 e. The van der Waals surface area contributed by atoms with Crippen molar-refractivity contribution in [2.75, 3.05) is 26.1 Å². The molecule has 1 saturated carbocycles. The Morgan fingerprint density at radius 3 is 2.55 bits per heavy atom. The highest BCUT2D eigenvalue weighted by Gasteiger charge is 2.25. The second-order valence-electron chi connectivity index (χ2n) is 9.29. The molecule has 1 aliphatic carbocycles. The number of benzene rings is 2. The smallest absolute Gasteiger partial charge is 0.411 e. The third-order valence-electron chi connectivity index (χ3n) is 6.88. The molecule has 0 saturated heterocycles. The fraction of sp³-hybridized carbons (Fsp3) is 0.414. The lowest BCUT2D eigenvalue weighted by molar-refractivity contribution is -0.143. The van der Waals surface area contributed by atoms with Gasteiger partial charge in [0.1, 0.15) is 11.9 Å². The van der Waals surface area contributed by atoms with Crippen LogP contribution in [-0.2, 0) is 19.0 Å². The summed E-state index contributed by atoms with van der Waals surface area (Å²) in [6, 6.07) is 10.7. The minimum atomic E-state index is -0.467. The van der Waals surface area contributed by atoms with Crippen LogP contribution < -0.4 is 10.1 Å². The molecule has 1 unspecified atom stereocenters. The Morgan fingerprint density at radius 2 is 1.84 bits per heavy atom. The van der Waals surface area contributed by atoms with Crippen molar-refractivity contribution < 1.29 is 33.3 Å². The van der Waals surface area contributed by atoms with Crippen LogP contribution in [0.25, 0.3) is 10.9 Å². The molecule has 0 bridgehead atoms. The Bertz CT molecular complexity index is 1290. The van der Waals surface area contributed by atoms with Gasteiger partial charge < -0.3 is 23.9 Å². The first kappa shape index (κ1) is 27.0. The van der Waals surface area contributed by atoms with Crippen LogP contribution in [0.2, 0.25) is 0 Å². The van der Waals surface area contributed by atoms with Crippen molar-refractivity contribution in [3.8, 4) is 5.75 Å². The summed E-state index contributed by atoms with van der Waals surface area (Å²) in [5.74, 6) is -0.522. The predicted molar refractivity (Wildman–Crippen MR) is 143 cm³/mol. The monoisotopic (exact) mass is 522 g/mol. The van der Waals surface area contributed by atoms with Crippen LogP contribution in [0.15, 0.2) is 42.6 Å². The summed E-state index contributed by atoms with van der Waals surface area (Å²) in [6.45, 7) is 2.08. The number of hydrogen-bond acceptors (Lipinski definition) is 7. The van der Waals surface area contributed by atoms with E-state index >= 15 is 0 Å². The summed E-state index contributed by atoms with van der Waals surface area (Å²) in [6.07, 6.45) is 5.98. The summed E-state index contributed by atoms with van der Waals surface area (Å²) in [7, 11) is 2.86. The van der Waals surface area contributed by atoms with Crippen molar-refractivity contribution in [1.29, 1.82) is 0 Å². The van der Waals surface area contributed by atoms with Crippen LogP contribution in [0, 0.1) is 0 Å². The van der Waals surface area contributed by atoms with Crippen molar-refractivity contribution >= 4 is 34.6 Å². The second kappa shape index (κ2) is 12.5. The number of hydrogen-bond donors (Lipinski definition) is 2. The van der Waals surface area contributed by atoms with Gasteiger partial charge in [0, 0.05) is 40.7 Å². The van der Waals surface area contributed by atoms with Crippen LogP contribution in [0.1, 0.15) is 72.9 Å². The van der Waals surface area contributed by atoms with Gasteiger partial charge in [-0.15, -0.1) is 0 Å². The van der Waals surface area contributed by atoms with Crippen LogP contribution in [-0.4, -0.2) is 49.9 Å². The minimum Gasteiger partial charge on any atom is -0.496 e. The van der Waals surface area contributed by atoms with Crippen LogP contribution in [0.4, 0.5) is 10.5 Å². The Kier molecular flexibility index (Phi) is 8.89. The van der Waals surface area contributed by atoms with E-state index in [0.29, 0.717) is 30.0 Å². The minimum absolute atomic E-state index is 0.0331. The molecule has 1 fully saturated rings. The zero-order chi connectivity index (χ0) is 27.1. The van der Waals surface area contributed by atoms with Crippen molar-refractivity contribution in [1.82, 2.24) is 4.98 Å². The number of H-pyrrole nitrogens is 1. The molecule has 1 amide bonds. The third-order valence-corrected chi connectivity index (χ3v) is 6.88. The molecule has 38 heavy (non-hydrogen) atoms. The second-order valence-corrected chi connectivity index (χ2v) is 9.29. The number of aromatic nitrogens is 1. The molecule has 3 aromatic rings. The first-order chi connectivity index (χ1) is 18.4. The molecule has 0 aliphatic heterocycles. The normalized spacial score (nSPS) is 14.2. The first-order valence-electron chi connectivity index (χ1n) is 12.9. The van der Waals surface area contributed by atoms with E-state index in [2.05, 4.69) is 10.3 Å². The van der Waals surface area contributed by atoms with Gasteiger partial charge in [-0.25, -0.2) is 9.59 Å². The van der Waals surface area contributed by atoms with E-state index in [4.69, 9.17) is 18.9 Å². The van der Waals surface area contributed by atoms with Crippen molar-refractivity contribution in [3.63, 3.8) is 0 Å². The fourth-order valence-electron chi connectivity index (χ4n) is 5.03. The first-order valence-corrected chi connectivity index (χ1v) is 12.9. The van der Waals surface area contributed by atoms with Crippen LogP contribution in [0.3, 0.4) is 0 Å². The Morgan fingerprint density at radius 1 is 1.05 bits per heavy atom. The topological polar surface area (TPSA) is 116 Å². The Balaban J connectivity index is 1.68. The molecular weight excluding hydrogens is 488 g/mol. The molecule has 4 rings (SSSR count). The average molecular weight is 523 g/mol. The highest BCUT2D eigenvalue weighted by Crippen LogP contribution is 2.40. The molecule has 2 N–H and O–H groups in total. The Labute approximate surface area is 221 Å². The maximum atomic E-state index is 12.5. The molecule has 9 heteroatoms. The van der Waals surface area contributed by atoms with E-state index in [1.54, 1.807) is 19.1 Å². The summed E-state index contributed by atoms with van der Waals surface area (Å²) < 4.78 is 21.2. The molecule has 1 aromatic heterocycles. The number of aromatic amines is 1. The lowest BCUT2D eigenvalue weighted by Gasteiger charge is -2.20. The number of amides is 1. The highest BCUT2D eigenvalue weighted by molar-refractivity contribution is 5.93. The van der Waals surface area contributed by atoms with E-state index in [-0.39, 0.29) is 24.4 Å². The quantitative estimate of drug-likeness (QED) is 0.250. The van der Waals surface area contributed by atoms with Crippen molar-refractivity contribution in [3.05, 3.63) is 59.3 Å². The molecule has 2 aromatic carbocycles. The van der Waals surface area contributed by atoms with E-state index in [0.717, 1.165) is 47.7 Å². The molecule has 9 nitrogen and oxygen atoms in total. The van der Waals surface area contributed by atoms with Gasteiger partial charge in [0.05, 0.1) is 26.4 Å². The van der Waals surface area contributed by atoms with Gasteiger partial charge in [-0.3, -0.25) is 10.1 Å². The van der Waals surface area contributed by atoms with E-state index in [1.807, 2.05) is 30.5 Å². The van der Waals surface area contributed by atoms with Gasteiger partial charge in [0.25, 0.3) is 0 Å². The van der Waals surface area contributed by atoms with E-state index in [1.165, 1.54) is 14.2 Å². The van der Waals surface area contributed by atoms with Gasteiger partial charge in [-0.1, -0.05) is 6.07 Å². The molecular formula is C29H34N2O7. The van der Waals surface area contributed by atoms with E-state index in [9.17, 15) is 14.4 Å². The summed E-state index contributed by atoms with van der Waals surface area (Å²) in [5, 5.41) is 3.73. The Hall–Kier alpha value is -4.01. The average Bonchev–Trinajstić information content (AvgIpc) is 3.58. The standard InChI is InChI=1S/C29H34N2O7/c1-4-37-27(32)14-12-21(22-11-9-18(28(33)36-3)15-26(22)35-2)24-17-30-25-13-10-19(16-23(24)25)31-29(34)38-20-7-5-6-8-20/h9-11,13,15-17,20-21,30H,4-8,12,14H2,1-3H3,(H,31,34). The van der Waals surface area contributed by atoms with Gasteiger partial charge in [-0.2, -0.15) is 0 Å². The third kappa shape index (κ3) is 6.27. The number of nitrogens with one attached hydrogen (secondary N) is 2. The zero-order valence-electron chi connectivity index (χ0n) is 22.0. The highest BCUT2D eigenvalue weighted by atomic mass is 16.6. The number of methoxy groups -OCH3 is 2. The zero-order valence-corrected chi connectivity index (χ0v) is 22.0. The fourth-order valence-corrected chi connectivity index (χ4v) is 5.03. The summed E-state index contributed by atoms with van der Waals surface area (Å²) in [4.78, 5) is 40.1. The van der Waals surface area contributed by atoms with Gasteiger partial charge in [0.2, 0.25) is 0 Å². The molecule has 202 valence electrons. The molecule has 0 spiro atoms. The molecule has 1 heterocycles. The van der Waals surface area contributed by atoms with Crippen molar-refractivity contribution in [2.24, 2.45) is 0 Å². The van der Waals surface area contributed by atoms with Crippen molar-refractivity contribution in [2.45, 2.75) is 57.5 Å². The van der Waals surface area contributed by atoms with Gasteiger partial charge >= 0.3 is 18.0 Å². The van der Waals surface area contributed by atoms with E-state index < -0.39 is 12.1 Å². The van der Waals surface area contributed by atoms with Gasteiger partial charge in [0.15, 0.2) is 0 Å². The molecule has 1 aliphatic rings. The van der Waals surface area contributed by atoms with Gasteiger partial charge in [-0.05, 0) is 74.9 Å². The number of fused-ring (bicyclic) bond motifs is 1. The SMILES string of the molecule is CCOC(=O)CCC(c1ccc(C(=O)OC)cc1OC)c1c[nH]c2ccc(NC(=O)OC3CCCC3)cc12. The number of carbonyl (C=O) groups is 3. The number of carbonyl (C=O) groups excluding carboxylic acids is 3. The summed E-state index contributed by atoms with van der Waals surface area (Å²) >= 11 is 0. The number of esters is 2. The number of rotatable bonds is 10. The maximum absolute atomic E-state index is 12.5. The lowest BCUT2D eigenvalue weighted by atomic mass is 9.86. The predicted octanol–water partition coefficient (Wildman–Crippen LogP) is 5.93. The summed E-state index contributed by atoms with van der Waals surface area (Å²) in [5.41, 5.74) is 3.58. The number of anilines is 1. The molecule has 1 atom stereocenters. The maximum Gasteiger partial charge on any atom is 0.411 e. The van der Waals surface area contributed by atoms with Crippen LogP contribution in [0.5, 0.6) is 5.75 Å². The number of ether oxygens (including phenoxy) is 4. The molecule has 0 radical (unpaired) electrons.